The summed E-state index contributed by atoms with van der Waals surface area (Å²) in [6.45, 7) is 1.26. The predicted octanol–water partition coefficient (Wildman–Crippen LogP) is -0.531. The van der Waals surface area contributed by atoms with Crippen LogP contribution in [0.2, 0.25) is 0 Å². The first-order chi connectivity index (χ1) is 2.94. The maximum atomic E-state index is 9.90. The van der Waals surface area contributed by atoms with Crippen molar-refractivity contribution in [3.8, 4) is 0 Å². The molecule has 0 saturated carbocycles. The van der Waals surface area contributed by atoms with Crippen LogP contribution in [0, 0.1) is 0 Å². The second-order valence-electron chi connectivity index (χ2n) is 1.33. The van der Waals surface area contributed by atoms with E-state index in [9.17, 15) is 4.57 Å². The summed E-state index contributed by atoms with van der Waals surface area (Å²) in [6.07, 6.45) is 0. The van der Waals surface area contributed by atoms with Gasteiger partial charge in [-0.3, -0.25) is 4.57 Å². The standard InChI is InChI=1S/C2H8NO3P/c1-2(3)7(4,5)6/h2H,3H2,1H3,(H2,4,5,6). The monoisotopic (exact) mass is 125 g/mol. The van der Waals surface area contributed by atoms with E-state index in [-0.39, 0.29) is 0 Å². The quantitative estimate of drug-likeness (QED) is 0.411. The Morgan fingerprint density at radius 2 is 1.86 bits per heavy atom. The molecule has 44 valence electrons. The van der Waals surface area contributed by atoms with Gasteiger partial charge in [0.2, 0.25) is 0 Å². The fourth-order valence-corrected chi connectivity index (χ4v) is 0. The van der Waals surface area contributed by atoms with Crippen LogP contribution in [-0.4, -0.2) is 15.6 Å². The molecule has 0 amide bonds. The summed E-state index contributed by atoms with van der Waals surface area (Å²) in [5, 5.41) is 0. The van der Waals surface area contributed by atoms with E-state index in [1.807, 2.05) is 0 Å². The van der Waals surface area contributed by atoms with Crippen molar-refractivity contribution < 1.29 is 14.4 Å². The zero-order valence-electron chi connectivity index (χ0n) is 3.90. The van der Waals surface area contributed by atoms with E-state index in [1.165, 1.54) is 6.92 Å². The van der Waals surface area contributed by atoms with Crippen LogP contribution in [0.3, 0.4) is 0 Å². The number of hydrogen-bond acceptors (Lipinski definition) is 2. The molecular formula is C2H8NO3P. The Kier molecular flexibility index (Phi) is 1.95. The van der Waals surface area contributed by atoms with Gasteiger partial charge in [0.15, 0.2) is 0 Å². The minimum absolute atomic E-state index is 1.03. The summed E-state index contributed by atoms with van der Waals surface area (Å²) >= 11 is 0. The van der Waals surface area contributed by atoms with Crippen molar-refractivity contribution >= 4 is 7.60 Å². The number of nitrogens with two attached hydrogens (primary N) is 1. The van der Waals surface area contributed by atoms with Crippen molar-refractivity contribution in [3.05, 3.63) is 0 Å². The van der Waals surface area contributed by atoms with Gasteiger partial charge in [-0.25, -0.2) is 0 Å². The van der Waals surface area contributed by atoms with Crippen molar-refractivity contribution in [2.45, 2.75) is 12.7 Å². The van der Waals surface area contributed by atoms with Gasteiger partial charge in [0.05, 0.1) is 0 Å². The van der Waals surface area contributed by atoms with Crippen LogP contribution in [-0.2, 0) is 4.57 Å². The van der Waals surface area contributed by atoms with E-state index in [0.29, 0.717) is 0 Å². The molecule has 0 fully saturated rings. The SMILES string of the molecule is CC(N)P(=O)(O)O. The molecule has 0 aliphatic heterocycles. The highest BCUT2D eigenvalue weighted by Gasteiger charge is 2.17. The molecule has 0 aliphatic carbocycles. The molecule has 0 aromatic heterocycles. The lowest BCUT2D eigenvalue weighted by atomic mass is 10.8. The minimum atomic E-state index is -3.96. The van der Waals surface area contributed by atoms with Crippen LogP contribution >= 0.6 is 7.60 Å². The van der Waals surface area contributed by atoms with Crippen LogP contribution in [0.15, 0.2) is 0 Å². The third-order valence-electron chi connectivity index (χ3n) is 0.531. The van der Waals surface area contributed by atoms with Crippen molar-refractivity contribution in [3.63, 3.8) is 0 Å². The zero-order chi connectivity index (χ0) is 6.08. The van der Waals surface area contributed by atoms with E-state index >= 15 is 0 Å². The van der Waals surface area contributed by atoms with E-state index in [4.69, 9.17) is 15.5 Å². The first-order valence-electron chi connectivity index (χ1n) is 1.75. The summed E-state index contributed by atoms with van der Waals surface area (Å²) in [6, 6.07) is 0. The average molecular weight is 125 g/mol. The third-order valence-corrected chi connectivity index (χ3v) is 1.59. The maximum Gasteiger partial charge on any atom is 0.341 e. The first kappa shape index (κ1) is 7.11. The van der Waals surface area contributed by atoms with Gasteiger partial charge in [-0.05, 0) is 6.92 Å². The van der Waals surface area contributed by atoms with Gasteiger partial charge in [0, 0.05) is 0 Å². The summed E-state index contributed by atoms with van der Waals surface area (Å²) in [7, 11) is -3.96. The second kappa shape index (κ2) is 1.92. The topological polar surface area (TPSA) is 83.6 Å². The van der Waals surface area contributed by atoms with Crippen molar-refractivity contribution in [1.82, 2.24) is 0 Å². The molecule has 5 heteroatoms. The van der Waals surface area contributed by atoms with E-state index < -0.39 is 13.4 Å². The number of rotatable bonds is 1. The van der Waals surface area contributed by atoms with Crippen LogP contribution in [0.5, 0.6) is 0 Å². The number of hydrogen-bond donors (Lipinski definition) is 3. The van der Waals surface area contributed by atoms with E-state index in [2.05, 4.69) is 0 Å². The van der Waals surface area contributed by atoms with Gasteiger partial charge in [-0.1, -0.05) is 0 Å². The Morgan fingerprint density at radius 1 is 1.71 bits per heavy atom. The van der Waals surface area contributed by atoms with E-state index in [0.717, 1.165) is 0 Å². The van der Waals surface area contributed by atoms with Crippen LogP contribution in [0.25, 0.3) is 0 Å². The summed E-state index contributed by atoms with van der Waals surface area (Å²) in [5.41, 5.74) is 4.81. The lowest BCUT2D eigenvalue weighted by Crippen LogP contribution is -2.14. The average Bonchev–Trinajstić information content (AvgIpc) is 1.31. The lowest BCUT2D eigenvalue weighted by molar-refractivity contribution is 0.361. The molecule has 0 aliphatic rings. The van der Waals surface area contributed by atoms with Gasteiger partial charge in [0.25, 0.3) is 0 Å². The smallest absolute Gasteiger partial charge is 0.323 e. The molecular weight excluding hydrogens is 117 g/mol. The Hall–Kier alpha value is 0.110. The van der Waals surface area contributed by atoms with Gasteiger partial charge >= 0.3 is 7.60 Å². The molecule has 0 bridgehead atoms. The van der Waals surface area contributed by atoms with E-state index in [1.54, 1.807) is 0 Å². The molecule has 1 atom stereocenters. The normalized spacial score (nSPS) is 16.6. The molecule has 0 spiro atoms. The Bertz CT molecular complexity index is 95.1. The molecule has 1 unspecified atom stereocenters. The predicted molar refractivity (Wildman–Crippen MR) is 25.7 cm³/mol. The summed E-state index contributed by atoms with van der Waals surface area (Å²) in [5.74, 6) is -1.03. The molecule has 0 heterocycles. The summed E-state index contributed by atoms with van der Waals surface area (Å²) < 4.78 is 9.90. The van der Waals surface area contributed by atoms with Crippen molar-refractivity contribution in [1.29, 1.82) is 0 Å². The highest BCUT2D eigenvalue weighted by Crippen LogP contribution is 2.37. The molecule has 0 radical (unpaired) electrons. The van der Waals surface area contributed by atoms with Gasteiger partial charge in [0.1, 0.15) is 5.78 Å². The fourth-order valence-electron chi connectivity index (χ4n) is 0. The fraction of sp³-hybridized carbons (Fsp3) is 1.00. The highest BCUT2D eigenvalue weighted by atomic mass is 31.2. The van der Waals surface area contributed by atoms with Crippen molar-refractivity contribution in [2.24, 2.45) is 5.73 Å². The lowest BCUT2D eigenvalue weighted by Gasteiger charge is -2.04. The molecule has 0 aromatic carbocycles. The molecule has 0 aromatic rings. The molecule has 7 heavy (non-hydrogen) atoms. The maximum absolute atomic E-state index is 9.90. The van der Waals surface area contributed by atoms with Crippen LogP contribution < -0.4 is 5.73 Å². The summed E-state index contributed by atoms with van der Waals surface area (Å²) in [4.78, 5) is 16.2. The molecule has 0 saturated heterocycles. The van der Waals surface area contributed by atoms with Gasteiger partial charge < -0.3 is 15.5 Å². The molecule has 0 rings (SSSR count). The largest absolute Gasteiger partial charge is 0.341 e. The van der Waals surface area contributed by atoms with Crippen molar-refractivity contribution in [2.75, 3.05) is 0 Å². The van der Waals surface area contributed by atoms with Crippen LogP contribution in [0.1, 0.15) is 6.92 Å². The van der Waals surface area contributed by atoms with Gasteiger partial charge in [-0.15, -0.1) is 0 Å². The zero-order valence-corrected chi connectivity index (χ0v) is 4.80. The first-order valence-corrected chi connectivity index (χ1v) is 3.43. The molecule has 4 N–H and O–H groups in total. The highest BCUT2D eigenvalue weighted by molar-refractivity contribution is 7.52. The Balaban J connectivity index is 3.80. The second-order valence-corrected chi connectivity index (χ2v) is 3.32. The molecule has 4 nitrogen and oxygen atoms in total. The Morgan fingerprint density at radius 3 is 1.86 bits per heavy atom. The Labute approximate surface area is 41.5 Å². The van der Waals surface area contributed by atoms with Gasteiger partial charge in [-0.2, -0.15) is 0 Å². The van der Waals surface area contributed by atoms with Crippen LogP contribution in [0.4, 0.5) is 0 Å². The minimum Gasteiger partial charge on any atom is -0.323 e. The third kappa shape index (κ3) is 2.76.